The molecule has 5 aromatic rings. The van der Waals surface area contributed by atoms with Gasteiger partial charge >= 0.3 is 5.97 Å². The van der Waals surface area contributed by atoms with Crippen LogP contribution < -0.4 is 4.31 Å². The van der Waals surface area contributed by atoms with E-state index in [1.807, 2.05) is 23.7 Å². The largest absolute Gasteiger partial charge is 0.466 e. The molecule has 218 valence electrons. The van der Waals surface area contributed by atoms with E-state index in [9.17, 15) is 18.0 Å². The molecule has 2 aromatic heterocycles. The second-order valence-electron chi connectivity index (χ2n) is 10.1. The summed E-state index contributed by atoms with van der Waals surface area (Å²) >= 11 is 0. The van der Waals surface area contributed by atoms with Crippen molar-refractivity contribution in [2.24, 2.45) is 7.05 Å². The molecule has 0 aliphatic rings. The highest BCUT2D eigenvalue weighted by Gasteiger charge is 2.29. The topological polar surface area (TPSA) is 122 Å². The molecule has 0 fully saturated rings. The van der Waals surface area contributed by atoms with Crippen LogP contribution in [0.25, 0.3) is 21.8 Å². The van der Waals surface area contributed by atoms with Gasteiger partial charge < -0.3 is 9.30 Å². The molecular formula is C33H30N4O5S. The highest BCUT2D eigenvalue weighted by Crippen LogP contribution is 2.32. The van der Waals surface area contributed by atoms with E-state index in [2.05, 4.69) is 11.1 Å². The van der Waals surface area contributed by atoms with Gasteiger partial charge in [0, 0.05) is 54.3 Å². The molecule has 10 heteroatoms. The Morgan fingerprint density at radius 1 is 1.02 bits per heavy atom. The standard InChI is InChI=1S/C33H30N4O5S/c1-3-42-32(39)17-19-37(43(40,41)31-8-4-6-25-7-5-18-35-33(25)31)26-14-15-29-27(20-26)28(22-36(29)2)30(38)16-13-23-9-11-24(21-34)12-10-23/h4-12,14-15,18,20,22H,3,13,16-17,19H2,1-2H3. The van der Waals surface area contributed by atoms with E-state index in [1.165, 1.54) is 16.6 Å². The van der Waals surface area contributed by atoms with E-state index in [4.69, 9.17) is 10.00 Å². The number of nitrogens with zero attached hydrogens (tertiary/aromatic N) is 4. The molecule has 0 bridgehead atoms. The predicted octanol–water partition coefficient (Wildman–Crippen LogP) is 5.56. The summed E-state index contributed by atoms with van der Waals surface area (Å²) in [6, 6.07) is 22.8. The van der Waals surface area contributed by atoms with Gasteiger partial charge in [0.05, 0.1) is 35.9 Å². The Hall–Kier alpha value is -5.01. The highest BCUT2D eigenvalue weighted by atomic mass is 32.2. The third-order valence-electron chi connectivity index (χ3n) is 7.27. The molecule has 0 saturated carbocycles. The van der Waals surface area contributed by atoms with Gasteiger partial charge in [0.2, 0.25) is 0 Å². The Bertz CT molecular complexity index is 1970. The summed E-state index contributed by atoms with van der Waals surface area (Å²) in [4.78, 5) is 30.1. The lowest BCUT2D eigenvalue weighted by Crippen LogP contribution is -2.33. The minimum Gasteiger partial charge on any atom is -0.466 e. The van der Waals surface area contributed by atoms with Crippen LogP contribution in [-0.2, 0) is 33.0 Å². The number of carbonyl (C=O) groups excluding carboxylic acids is 2. The number of nitriles is 1. The van der Waals surface area contributed by atoms with Crippen LogP contribution in [0.15, 0.2) is 90.1 Å². The minimum absolute atomic E-state index is 0.0151. The van der Waals surface area contributed by atoms with E-state index in [0.29, 0.717) is 39.5 Å². The number of fused-ring (bicyclic) bond motifs is 2. The molecule has 0 aliphatic heterocycles. The Labute approximate surface area is 250 Å². The molecule has 0 N–H and O–H groups in total. The molecule has 5 rings (SSSR count). The number of rotatable bonds is 11. The van der Waals surface area contributed by atoms with Crippen molar-refractivity contribution in [2.45, 2.75) is 31.1 Å². The average molecular weight is 595 g/mol. The smallest absolute Gasteiger partial charge is 0.307 e. The van der Waals surface area contributed by atoms with Crippen LogP contribution in [0.4, 0.5) is 5.69 Å². The number of ether oxygens (including phenoxy) is 1. The van der Waals surface area contributed by atoms with Gasteiger partial charge in [0.1, 0.15) is 4.90 Å². The lowest BCUT2D eigenvalue weighted by Gasteiger charge is -2.25. The molecule has 0 radical (unpaired) electrons. The number of pyridine rings is 1. The van der Waals surface area contributed by atoms with E-state index in [0.717, 1.165) is 11.1 Å². The summed E-state index contributed by atoms with van der Waals surface area (Å²) in [5.74, 6) is -0.607. The van der Waals surface area contributed by atoms with Crippen molar-refractivity contribution in [2.75, 3.05) is 17.5 Å². The first-order valence-corrected chi connectivity index (χ1v) is 15.3. The SMILES string of the molecule is CCOC(=O)CCN(c1ccc2c(c1)c(C(=O)CCc1ccc(C#N)cc1)cn2C)S(=O)(=O)c1cccc2cccnc12. The molecule has 3 aromatic carbocycles. The highest BCUT2D eigenvalue weighted by molar-refractivity contribution is 7.93. The van der Waals surface area contributed by atoms with Crippen LogP contribution in [-0.4, -0.2) is 42.9 Å². The lowest BCUT2D eigenvalue weighted by atomic mass is 10.0. The number of benzene rings is 3. The van der Waals surface area contributed by atoms with Gasteiger partial charge in [-0.3, -0.25) is 18.9 Å². The normalized spacial score (nSPS) is 11.4. The molecular weight excluding hydrogens is 564 g/mol. The van der Waals surface area contributed by atoms with Crippen molar-refractivity contribution in [1.29, 1.82) is 5.26 Å². The molecule has 0 aliphatic carbocycles. The second kappa shape index (κ2) is 12.5. The van der Waals surface area contributed by atoms with Crippen LogP contribution in [0.1, 0.15) is 41.3 Å². The first-order chi connectivity index (χ1) is 20.7. The Morgan fingerprint density at radius 2 is 1.79 bits per heavy atom. The summed E-state index contributed by atoms with van der Waals surface area (Å²) in [5, 5.41) is 10.3. The van der Waals surface area contributed by atoms with Crippen LogP contribution in [0, 0.1) is 11.3 Å². The fourth-order valence-corrected chi connectivity index (χ4v) is 6.74. The summed E-state index contributed by atoms with van der Waals surface area (Å²) < 4.78 is 36.5. The molecule has 0 saturated heterocycles. The summed E-state index contributed by atoms with van der Waals surface area (Å²) in [6.07, 6.45) is 3.86. The van der Waals surface area contributed by atoms with Gasteiger partial charge in [-0.15, -0.1) is 0 Å². The summed E-state index contributed by atoms with van der Waals surface area (Å²) in [7, 11) is -2.36. The molecule has 0 spiro atoms. The van der Waals surface area contributed by atoms with Gasteiger partial charge in [-0.2, -0.15) is 5.26 Å². The van der Waals surface area contributed by atoms with Crippen LogP contribution in [0.5, 0.6) is 0 Å². The minimum atomic E-state index is -4.19. The molecule has 43 heavy (non-hydrogen) atoms. The monoisotopic (exact) mass is 594 g/mol. The number of aromatic nitrogens is 2. The van der Waals surface area contributed by atoms with Crippen LogP contribution in [0.3, 0.4) is 0 Å². The summed E-state index contributed by atoms with van der Waals surface area (Å²) in [5.41, 5.74) is 3.37. The first kappa shape index (κ1) is 29.5. The van der Waals surface area contributed by atoms with Gasteiger partial charge in [-0.1, -0.05) is 30.3 Å². The molecule has 0 atom stereocenters. The number of hydrogen-bond acceptors (Lipinski definition) is 7. The predicted molar refractivity (Wildman–Crippen MR) is 164 cm³/mol. The zero-order valence-corrected chi connectivity index (χ0v) is 24.7. The quantitative estimate of drug-likeness (QED) is 0.145. The Balaban J connectivity index is 1.53. The van der Waals surface area contributed by atoms with E-state index < -0.39 is 16.0 Å². The van der Waals surface area contributed by atoms with Crippen molar-refractivity contribution in [1.82, 2.24) is 9.55 Å². The van der Waals surface area contributed by atoms with Gasteiger partial charge in [0.15, 0.2) is 5.78 Å². The molecule has 9 nitrogen and oxygen atoms in total. The van der Waals surface area contributed by atoms with Gasteiger partial charge in [-0.25, -0.2) is 8.42 Å². The van der Waals surface area contributed by atoms with E-state index in [1.54, 1.807) is 67.7 Å². The average Bonchev–Trinajstić information content (AvgIpc) is 3.35. The third-order valence-corrected chi connectivity index (χ3v) is 9.13. The zero-order chi connectivity index (χ0) is 30.6. The van der Waals surface area contributed by atoms with Crippen molar-refractivity contribution < 1.29 is 22.7 Å². The van der Waals surface area contributed by atoms with Crippen molar-refractivity contribution in [3.05, 3.63) is 102 Å². The third kappa shape index (κ3) is 6.12. The second-order valence-corrected chi connectivity index (χ2v) is 11.9. The number of ketones is 1. The maximum Gasteiger partial charge on any atom is 0.307 e. The number of carbonyl (C=O) groups is 2. The number of hydrogen-bond donors (Lipinski definition) is 0. The fraction of sp³-hybridized carbons (Fsp3) is 0.212. The number of sulfonamides is 1. The number of anilines is 1. The van der Waals surface area contributed by atoms with Gasteiger partial charge in [0.25, 0.3) is 10.0 Å². The number of para-hydroxylation sites is 1. The van der Waals surface area contributed by atoms with Crippen molar-refractivity contribution >= 4 is 49.3 Å². The maximum atomic E-state index is 14.2. The lowest BCUT2D eigenvalue weighted by molar-refractivity contribution is -0.142. The molecule has 0 amide bonds. The maximum absolute atomic E-state index is 14.2. The Kier molecular flexibility index (Phi) is 8.55. The fourth-order valence-electron chi connectivity index (χ4n) is 5.11. The summed E-state index contributed by atoms with van der Waals surface area (Å²) in [6.45, 7) is 1.71. The van der Waals surface area contributed by atoms with Gasteiger partial charge in [-0.05, 0) is 61.4 Å². The Morgan fingerprint density at radius 3 is 2.53 bits per heavy atom. The van der Waals surface area contributed by atoms with Crippen LogP contribution >= 0.6 is 0 Å². The van der Waals surface area contributed by atoms with E-state index >= 15 is 0 Å². The van der Waals surface area contributed by atoms with Crippen molar-refractivity contribution in [3.8, 4) is 6.07 Å². The zero-order valence-electron chi connectivity index (χ0n) is 23.9. The molecule has 2 heterocycles. The number of aryl methyl sites for hydroxylation is 2. The van der Waals surface area contributed by atoms with E-state index in [-0.39, 0.29) is 36.7 Å². The molecule has 0 unspecified atom stereocenters. The first-order valence-electron chi connectivity index (χ1n) is 13.9. The van der Waals surface area contributed by atoms with Crippen molar-refractivity contribution in [3.63, 3.8) is 0 Å². The van der Waals surface area contributed by atoms with Crippen LogP contribution in [0.2, 0.25) is 0 Å². The number of Topliss-reactive ketones (excluding diaryl/α,β-unsaturated/α-hetero) is 1. The number of esters is 1.